The van der Waals surface area contributed by atoms with Crippen LogP contribution in [0.15, 0.2) is 12.7 Å². The maximum Gasteiger partial charge on any atom is 0.481 e. The summed E-state index contributed by atoms with van der Waals surface area (Å²) < 4.78 is 62.6. The zero-order valence-corrected chi connectivity index (χ0v) is 47.7. The monoisotopic (exact) mass is 1150 g/mol. The predicted octanol–water partition coefficient (Wildman–Crippen LogP) is 7.90. The molecule has 75 heavy (non-hydrogen) atoms. The lowest BCUT2D eigenvalue weighted by molar-refractivity contribution is -0.137. The number of phosphoric ester groups is 3. The van der Waals surface area contributed by atoms with Crippen LogP contribution < -0.4 is 16.4 Å². The van der Waals surface area contributed by atoms with Crippen LogP contribution in [0.3, 0.4) is 0 Å². The van der Waals surface area contributed by atoms with Crippen molar-refractivity contribution < 1.29 is 80.5 Å². The Morgan fingerprint density at radius 3 is 1.95 bits per heavy atom. The first-order valence-electron chi connectivity index (χ1n) is 26.5. The number of anilines is 1. The number of nitrogens with one attached hydrogen (secondary N) is 2. The number of aliphatic hydroxyl groups excluding tert-OH is 2. The van der Waals surface area contributed by atoms with E-state index in [1.807, 2.05) is 0 Å². The average Bonchev–Trinajstić information content (AvgIpc) is 3.90. The predicted molar refractivity (Wildman–Crippen MR) is 284 cm³/mol. The molecule has 0 bridgehead atoms. The van der Waals surface area contributed by atoms with Crippen molar-refractivity contribution >= 4 is 69.1 Å². The number of aromatic nitrogens is 4. The van der Waals surface area contributed by atoms with Crippen molar-refractivity contribution in [3.63, 3.8) is 0 Å². The molecular formula is C47H86N7O17P3S. The van der Waals surface area contributed by atoms with Crippen LogP contribution in [0.1, 0.15) is 182 Å². The lowest BCUT2D eigenvalue weighted by Gasteiger charge is -2.30. The van der Waals surface area contributed by atoms with Crippen LogP contribution >= 0.6 is 35.2 Å². The lowest BCUT2D eigenvalue weighted by atomic mass is 9.87. The SMILES string of the molecule is CCCCCCCCCCC(C)CCCCCCCCCCCCCC(=O)SCCNC(=O)CCNC(=O)C(O)C(C)(C)COP(=O)(O)OP(=O)(O)OCC1OC(n2cnc3c(N)ncnc32)C(O)C1OP(=O)(O)O. The fourth-order valence-corrected chi connectivity index (χ4v) is 12.0. The second-order valence-corrected chi connectivity index (χ2v) is 25.5. The zero-order valence-electron chi connectivity index (χ0n) is 44.2. The molecule has 0 aromatic carbocycles. The Morgan fingerprint density at radius 1 is 0.800 bits per heavy atom. The number of unbranched alkanes of at least 4 members (excludes halogenated alkanes) is 17. The maximum absolute atomic E-state index is 12.8. The molecule has 2 aromatic rings. The number of phosphoric acid groups is 3. The molecular weight excluding hydrogens is 1060 g/mol. The first-order chi connectivity index (χ1) is 35.4. The summed E-state index contributed by atoms with van der Waals surface area (Å²) in [7, 11) is -16.4. The van der Waals surface area contributed by atoms with Crippen molar-refractivity contribution in [2.75, 3.05) is 37.8 Å². The molecule has 1 saturated heterocycles. The van der Waals surface area contributed by atoms with E-state index >= 15 is 0 Å². The van der Waals surface area contributed by atoms with Crippen molar-refractivity contribution in [3.8, 4) is 0 Å². The quantitative estimate of drug-likeness (QED) is 0.0225. The van der Waals surface area contributed by atoms with E-state index in [1.165, 1.54) is 129 Å². The van der Waals surface area contributed by atoms with Crippen LogP contribution in [0.4, 0.5) is 5.82 Å². The summed E-state index contributed by atoms with van der Waals surface area (Å²) in [6, 6.07) is 0. The lowest BCUT2D eigenvalue weighted by Crippen LogP contribution is -2.46. The standard InChI is InChI=1S/C47H86N7O17P3S/c1-5-6-7-8-9-15-18-21-24-35(2)25-22-19-16-13-11-10-12-14-17-20-23-26-38(56)75-30-29-49-37(55)27-28-50-45(59)42(58)47(3,4)32-68-74(65,66)71-73(63,64)67-31-36-41(70-72(60,61)62)40(57)46(69-36)54-34-53-39-43(48)51-33-52-44(39)54/h33-36,40-42,46,57-58H,5-32H2,1-4H3,(H,49,55)(H,50,59)(H,63,64)(H,65,66)(H2,48,51,52)(H2,60,61,62). The van der Waals surface area contributed by atoms with E-state index in [-0.39, 0.29) is 41.6 Å². The molecule has 432 valence electrons. The molecule has 10 N–H and O–H groups in total. The molecule has 0 spiro atoms. The molecule has 2 amide bonds. The third kappa shape index (κ3) is 26.8. The van der Waals surface area contributed by atoms with Crippen molar-refractivity contribution in [1.82, 2.24) is 30.2 Å². The summed E-state index contributed by atoms with van der Waals surface area (Å²) in [6.07, 6.45) is 20.8. The van der Waals surface area contributed by atoms with Crippen LogP contribution in [-0.2, 0) is 50.7 Å². The Kier molecular flexibility index (Phi) is 30.8. The van der Waals surface area contributed by atoms with Crippen LogP contribution in [0.5, 0.6) is 0 Å². The molecule has 1 aliphatic rings. The van der Waals surface area contributed by atoms with Gasteiger partial charge in [-0.25, -0.2) is 28.6 Å². The summed E-state index contributed by atoms with van der Waals surface area (Å²) in [6.45, 7) is 5.28. The summed E-state index contributed by atoms with van der Waals surface area (Å²) in [4.78, 5) is 88.7. The Morgan fingerprint density at radius 2 is 1.36 bits per heavy atom. The molecule has 3 rings (SSSR count). The third-order valence-corrected chi connectivity index (χ3v) is 16.9. The number of aliphatic hydroxyl groups is 2. The number of rotatable bonds is 42. The number of nitrogens with zero attached hydrogens (tertiary/aromatic N) is 4. The maximum atomic E-state index is 12.8. The van der Waals surface area contributed by atoms with Gasteiger partial charge in [0, 0.05) is 37.1 Å². The zero-order chi connectivity index (χ0) is 55.5. The van der Waals surface area contributed by atoms with Crippen molar-refractivity contribution in [1.29, 1.82) is 0 Å². The number of amides is 2. The van der Waals surface area contributed by atoms with Gasteiger partial charge in [0.2, 0.25) is 11.8 Å². The molecule has 28 heteroatoms. The van der Waals surface area contributed by atoms with Gasteiger partial charge in [-0.3, -0.25) is 32.5 Å². The first-order valence-corrected chi connectivity index (χ1v) is 32.0. The highest BCUT2D eigenvalue weighted by molar-refractivity contribution is 8.13. The minimum absolute atomic E-state index is 0.0346. The highest BCUT2D eigenvalue weighted by Crippen LogP contribution is 2.61. The molecule has 0 radical (unpaired) electrons. The van der Waals surface area contributed by atoms with Crippen molar-refractivity contribution in [2.24, 2.45) is 11.3 Å². The molecule has 8 atom stereocenters. The second-order valence-electron chi connectivity index (χ2n) is 20.1. The van der Waals surface area contributed by atoms with Gasteiger partial charge in [0.25, 0.3) is 0 Å². The Bertz CT molecular complexity index is 2160. The number of ether oxygens (including phenoxy) is 1. The molecule has 24 nitrogen and oxygen atoms in total. The summed E-state index contributed by atoms with van der Waals surface area (Å²) in [5.41, 5.74) is 4.30. The number of nitrogens with two attached hydrogens (primary N) is 1. The number of thioether (sulfide) groups is 1. The highest BCUT2D eigenvalue weighted by Gasteiger charge is 2.50. The normalized spacial score (nSPS) is 19.7. The molecule has 0 aliphatic carbocycles. The van der Waals surface area contributed by atoms with Gasteiger partial charge < -0.3 is 50.9 Å². The van der Waals surface area contributed by atoms with Gasteiger partial charge in [0.15, 0.2) is 22.8 Å². The fraction of sp³-hybridized carbons (Fsp3) is 0.830. The third-order valence-electron chi connectivity index (χ3n) is 12.9. The van der Waals surface area contributed by atoms with E-state index in [4.69, 9.17) is 19.5 Å². The first kappa shape index (κ1) is 66.8. The molecule has 1 aliphatic heterocycles. The van der Waals surface area contributed by atoms with Crippen LogP contribution in [0.25, 0.3) is 11.2 Å². The van der Waals surface area contributed by atoms with Gasteiger partial charge in [-0.05, 0) is 12.3 Å². The summed E-state index contributed by atoms with van der Waals surface area (Å²) in [5.74, 6) is -0.156. The topological polar surface area (TPSA) is 364 Å². The average molecular weight is 1150 g/mol. The van der Waals surface area contributed by atoms with E-state index in [1.54, 1.807) is 0 Å². The van der Waals surface area contributed by atoms with Crippen molar-refractivity contribution in [3.05, 3.63) is 12.7 Å². The van der Waals surface area contributed by atoms with Crippen LogP contribution in [0, 0.1) is 11.3 Å². The van der Waals surface area contributed by atoms with Gasteiger partial charge in [0.05, 0.1) is 19.5 Å². The van der Waals surface area contributed by atoms with Gasteiger partial charge >= 0.3 is 23.5 Å². The molecule has 1 fully saturated rings. The van der Waals surface area contributed by atoms with E-state index in [0.29, 0.717) is 12.2 Å². The Hall–Kier alpha value is -2.44. The minimum Gasteiger partial charge on any atom is -0.386 e. The van der Waals surface area contributed by atoms with E-state index in [0.717, 1.165) is 54.2 Å². The van der Waals surface area contributed by atoms with E-state index in [2.05, 4.69) is 48.3 Å². The van der Waals surface area contributed by atoms with Crippen LogP contribution in [-0.4, -0.2) is 123 Å². The van der Waals surface area contributed by atoms with Crippen LogP contribution in [0.2, 0.25) is 0 Å². The van der Waals surface area contributed by atoms with Crippen molar-refractivity contribution in [2.45, 2.75) is 206 Å². The van der Waals surface area contributed by atoms with Gasteiger partial charge in [-0.15, -0.1) is 0 Å². The molecule has 8 unspecified atom stereocenters. The number of imidazole rings is 1. The summed E-state index contributed by atoms with van der Waals surface area (Å²) in [5, 5.41) is 26.8. The van der Waals surface area contributed by atoms with E-state index < -0.39 is 84.6 Å². The van der Waals surface area contributed by atoms with Gasteiger partial charge in [-0.1, -0.05) is 168 Å². The number of carbonyl (C=O) groups is 3. The molecule has 2 aromatic heterocycles. The number of carbonyl (C=O) groups excluding carboxylic acids is 3. The van der Waals surface area contributed by atoms with Gasteiger partial charge in [-0.2, -0.15) is 4.31 Å². The highest BCUT2D eigenvalue weighted by atomic mass is 32.2. The molecule has 0 saturated carbocycles. The number of nitrogen functional groups attached to an aromatic ring is 1. The minimum atomic E-state index is -5.58. The number of hydrogen-bond donors (Lipinski definition) is 9. The summed E-state index contributed by atoms with van der Waals surface area (Å²) >= 11 is 1.16. The number of hydrogen-bond acceptors (Lipinski definition) is 18. The molecule has 3 heterocycles. The number of fused-ring (bicyclic) bond motifs is 1. The van der Waals surface area contributed by atoms with Gasteiger partial charge in [0.1, 0.15) is 36.3 Å². The largest absolute Gasteiger partial charge is 0.481 e. The van der Waals surface area contributed by atoms with E-state index in [9.17, 15) is 57.9 Å². The Labute approximate surface area is 446 Å². The Balaban J connectivity index is 1.21. The fourth-order valence-electron chi connectivity index (χ4n) is 8.49. The second kappa shape index (κ2) is 34.5. The smallest absolute Gasteiger partial charge is 0.386 e.